The topological polar surface area (TPSA) is 97.8 Å². The van der Waals surface area contributed by atoms with Crippen LogP contribution in [0.25, 0.3) is 11.3 Å². The highest BCUT2D eigenvalue weighted by Gasteiger charge is 2.21. The first-order valence-corrected chi connectivity index (χ1v) is 13.5. The molecule has 1 aromatic heterocycles. The molecule has 0 aliphatic carbocycles. The lowest BCUT2D eigenvalue weighted by Gasteiger charge is -2.18. The van der Waals surface area contributed by atoms with Crippen LogP contribution in [0.2, 0.25) is 0 Å². The van der Waals surface area contributed by atoms with E-state index in [1.807, 2.05) is 23.6 Å². The SMILES string of the molecule is CCN(CC)S(=O)(=O)c1ccc(C(=O)CNc2nc(-c3ccc4c(c3)OCCCO4)cs2)cc1. The molecule has 1 aliphatic rings. The molecule has 10 heteroatoms. The number of fused-ring (bicyclic) bond motifs is 1. The number of benzene rings is 2. The zero-order valence-corrected chi connectivity index (χ0v) is 20.7. The number of thiazole rings is 1. The molecule has 2 aromatic carbocycles. The predicted octanol–water partition coefficient (Wildman–Crippen LogP) is 4.30. The van der Waals surface area contributed by atoms with Crippen molar-refractivity contribution in [1.29, 1.82) is 0 Å². The Morgan fingerprint density at radius 1 is 1.06 bits per heavy atom. The third-order valence-corrected chi connectivity index (χ3v) is 8.33. The summed E-state index contributed by atoms with van der Waals surface area (Å²) in [7, 11) is -3.55. The number of carbonyl (C=O) groups excluding carboxylic acids is 1. The number of anilines is 1. The lowest BCUT2D eigenvalue weighted by Crippen LogP contribution is -2.30. The smallest absolute Gasteiger partial charge is 0.243 e. The molecule has 0 radical (unpaired) electrons. The maximum absolute atomic E-state index is 12.6. The summed E-state index contributed by atoms with van der Waals surface area (Å²) in [5, 5.41) is 5.60. The van der Waals surface area contributed by atoms with Gasteiger partial charge in [-0.3, -0.25) is 4.79 Å². The van der Waals surface area contributed by atoms with Crippen molar-refractivity contribution < 1.29 is 22.7 Å². The summed E-state index contributed by atoms with van der Waals surface area (Å²) in [5.74, 6) is 1.29. The van der Waals surface area contributed by atoms with E-state index in [0.717, 1.165) is 23.4 Å². The van der Waals surface area contributed by atoms with E-state index in [1.165, 1.54) is 27.8 Å². The van der Waals surface area contributed by atoms with Crippen LogP contribution in [0.3, 0.4) is 0 Å². The Bertz CT molecular complexity index is 1250. The highest BCUT2D eigenvalue weighted by atomic mass is 32.2. The van der Waals surface area contributed by atoms with Crippen LogP contribution in [-0.4, -0.2) is 56.3 Å². The number of Topliss-reactive ketones (excluding diaryl/α,β-unsaturated/α-hetero) is 1. The second-order valence-corrected chi connectivity index (χ2v) is 10.4. The highest BCUT2D eigenvalue weighted by molar-refractivity contribution is 7.89. The molecule has 0 bridgehead atoms. The molecule has 0 amide bonds. The van der Waals surface area contributed by atoms with Gasteiger partial charge < -0.3 is 14.8 Å². The summed E-state index contributed by atoms with van der Waals surface area (Å²) in [4.78, 5) is 17.4. The van der Waals surface area contributed by atoms with Crippen LogP contribution in [0.5, 0.6) is 11.5 Å². The molecule has 2 heterocycles. The normalized spacial score (nSPS) is 13.5. The quantitative estimate of drug-likeness (QED) is 0.437. The second-order valence-electron chi connectivity index (χ2n) is 7.64. The number of ether oxygens (including phenoxy) is 2. The minimum absolute atomic E-state index is 0.0518. The van der Waals surface area contributed by atoms with Crippen molar-refractivity contribution in [2.24, 2.45) is 0 Å². The molecule has 0 spiro atoms. The molecule has 0 saturated heterocycles. The first-order chi connectivity index (χ1) is 16.4. The Hall–Kier alpha value is -2.95. The third-order valence-electron chi connectivity index (χ3n) is 5.47. The first kappa shape index (κ1) is 24.2. The Kier molecular flexibility index (Phi) is 7.50. The van der Waals surface area contributed by atoms with E-state index in [1.54, 1.807) is 26.0 Å². The Morgan fingerprint density at radius 2 is 1.76 bits per heavy atom. The van der Waals surface area contributed by atoms with E-state index >= 15 is 0 Å². The van der Waals surface area contributed by atoms with Crippen LogP contribution in [0.15, 0.2) is 52.7 Å². The van der Waals surface area contributed by atoms with Crippen molar-refractivity contribution in [3.63, 3.8) is 0 Å². The maximum Gasteiger partial charge on any atom is 0.243 e. The lowest BCUT2D eigenvalue weighted by atomic mass is 10.1. The van der Waals surface area contributed by atoms with Gasteiger partial charge in [-0.25, -0.2) is 13.4 Å². The van der Waals surface area contributed by atoms with Crippen LogP contribution in [-0.2, 0) is 10.0 Å². The van der Waals surface area contributed by atoms with Crippen LogP contribution < -0.4 is 14.8 Å². The van der Waals surface area contributed by atoms with Gasteiger partial charge in [0.1, 0.15) is 0 Å². The van der Waals surface area contributed by atoms with E-state index in [2.05, 4.69) is 10.3 Å². The molecule has 4 rings (SSSR count). The van der Waals surface area contributed by atoms with Crippen molar-refractivity contribution in [3.8, 4) is 22.8 Å². The van der Waals surface area contributed by atoms with E-state index in [4.69, 9.17) is 9.47 Å². The van der Waals surface area contributed by atoms with Gasteiger partial charge in [-0.2, -0.15) is 4.31 Å². The van der Waals surface area contributed by atoms with Gasteiger partial charge in [0.2, 0.25) is 10.0 Å². The summed E-state index contributed by atoms with van der Waals surface area (Å²) in [6, 6.07) is 11.8. The van der Waals surface area contributed by atoms with E-state index in [-0.39, 0.29) is 17.2 Å². The summed E-state index contributed by atoms with van der Waals surface area (Å²) in [6.45, 7) is 5.69. The van der Waals surface area contributed by atoms with Crippen molar-refractivity contribution in [2.75, 3.05) is 38.2 Å². The molecular formula is C24H27N3O5S2. The van der Waals surface area contributed by atoms with Gasteiger partial charge in [-0.05, 0) is 42.5 Å². The molecule has 34 heavy (non-hydrogen) atoms. The van der Waals surface area contributed by atoms with Crippen molar-refractivity contribution in [2.45, 2.75) is 25.2 Å². The summed E-state index contributed by atoms with van der Waals surface area (Å²) in [6.07, 6.45) is 0.845. The van der Waals surface area contributed by atoms with Crippen molar-refractivity contribution in [3.05, 3.63) is 53.4 Å². The minimum atomic E-state index is -3.55. The average Bonchev–Trinajstić information content (AvgIpc) is 3.20. The third kappa shape index (κ3) is 5.24. The molecular weight excluding hydrogens is 474 g/mol. The Balaban J connectivity index is 1.39. The van der Waals surface area contributed by atoms with Crippen LogP contribution >= 0.6 is 11.3 Å². The fraction of sp³-hybridized carbons (Fsp3) is 0.333. The molecule has 1 N–H and O–H groups in total. The predicted molar refractivity (Wildman–Crippen MR) is 133 cm³/mol. The van der Waals surface area contributed by atoms with Gasteiger partial charge >= 0.3 is 0 Å². The number of rotatable bonds is 9. The fourth-order valence-electron chi connectivity index (χ4n) is 3.59. The molecule has 0 fully saturated rings. The Morgan fingerprint density at radius 3 is 2.47 bits per heavy atom. The second kappa shape index (κ2) is 10.5. The van der Waals surface area contributed by atoms with E-state index < -0.39 is 10.0 Å². The van der Waals surface area contributed by atoms with Crippen LogP contribution in [0.4, 0.5) is 5.13 Å². The number of sulfonamides is 1. The molecule has 8 nitrogen and oxygen atoms in total. The monoisotopic (exact) mass is 501 g/mol. The number of hydrogen-bond acceptors (Lipinski definition) is 8. The van der Waals surface area contributed by atoms with Crippen molar-refractivity contribution in [1.82, 2.24) is 9.29 Å². The first-order valence-electron chi connectivity index (χ1n) is 11.1. The highest BCUT2D eigenvalue weighted by Crippen LogP contribution is 2.35. The average molecular weight is 502 g/mol. The lowest BCUT2D eigenvalue weighted by molar-refractivity contribution is 0.101. The van der Waals surface area contributed by atoms with Crippen LogP contribution in [0.1, 0.15) is 30.6 Å². The molecule has 180 valence electrons. The molecule has 1 aliphatic heterocycles. The number of nitrogens with zero attached hydrogens (tertiary/aromatic N) is 2. The number of nitrogens with one attached hydrogen (secondary N) is 1. The van der Waals surface area contributed by atoms with Crippen molar-refractivity contribution >= 4 is 32.3 Å². The molecule has 0 unspecified atom stereocenters. The van der Waals surface area contributed by atoms with Gasteiger partial charge in [0.25, 0.3) is 0 Å². The van der Waals surface area contributed by atoms with E-state index in [9.17, 15) is 13.2 Å². The number of ketones is 1. The van der Waals surface area contributed by atoms with E-state index in [0.29, 0.717) is 42.7 Å². The number of carbonyl (C=O) groups is 1. The molecule has 0 saturated carbocycles. The number of aromatic nitrogens is 1. The van der Waals surface area contributed by atoms with Gasteiger partial charge in [0.15, 0.2) is 22.4 Å². The molecule has 3 aromatic rings. The minimum Gasteiger partial charge on any atom is -0.490 e. The Labute approximate surface area is 203 Å². The van der Waals surface area contributed by atoms with Gasteiger partial charge in [-0.15, -0.1) is 11.3 Å². The zero-order chi connectivity index (χ0) is 24.1. The van der Waals surface area contributed by atoms with Gasteiger partial charge in [0, 0.05) is 36.0 Å². The zero-order valence-electron chi connectivity index (χ0n) is 19.1. The number of hydrogen-bond donors (Lipinski definition) is 1. The fourth-order valence-corrected chi connectivity index (χ4v) is 5.77. The summed E-state index contributed by atoms with van der Waals surface area (Å²) in [5.41, 5.74) is 2.12. The summed E-state index contributed by atoms with van der Waals surface area (Å²) < 4.78 is 38.0. The summed E-state index contributed by atoms with van der Waals surface area (Å²) >= 11 is 1.41. The van der Waals surface area contributed by atoms with Crippen LogP contribution in [0, 0.1) is 0 Å². The largest absolute Gasteiger partial charge is 0.490 e. The maximum atomic E-state index is 12.6. The van der Waals surface area contributed by atoms with Gasteiger partial charge in [0.05, 0.1) is 30.3 Å². The van der Waals surface area contributed by atoms with Gasteiger partial charge in [-0.1, -0.05) is 13.8 Å². The molecule has 0 atom stereocenters. The standard InChI is InChI=1S/C24H27N3O5S2/c1-3-27(4-2)34(29,30)19-9-6-17(7-10-19)21(28)15-25-24-26-20(16-33-24)18-8-11-22-23(14-18)32-13-5-12-31-22/h6-11,14,16H,3-5,12-13,15H2,1-2H3,(H,25,26).